The summed E-state index contributed by atoms with van der Waals surface area (Å²) in [6, 6.07) is 13.4. The number of nitrogens with one attached hydrogen (secondary N) is 1. The van der Waals surface area contributed by atoms with Gasteiger partial charge in [-0.25, -0.2) is 0 Å². The number of benzene rings is 2. The monoisotopic (exact) mass is 384 g/mol. The SMILES string of the molecule is O=[N+]([O-])c1cc(Cl)cc2c1OC1(NCCc3ccccc3)CCCCC1=C2. The molecule has 2 aromatic carbocycles. The van der Waals surface area contributed by atoms with Crippen LogP contribution in [0.5, 0.6) is 5.75 Å². The minimum atomic E-state index is -0.668. The van der Waals surface area contributed by atoms with Crippen LogP contribution in [-0.2, 0) is 6.42 Å². The lowest BCUT2D eigenvalue weighted by molar-refractivity contribution is -0.386. The third-order valence-electron chi connectivity index (χ3n) is 5.28. The van der Waals surface area contributed by atoms with Crippen LogP contribution < -0.4 is 10.1 Å². The van der Waals surface area contributed by atoms with Gasteiger partial charge in [0.05, 0.1) is 4.92 Å². The Morgan fingerprint density at radius 3 is 2.81 bits per heavy atom. The van der Waals surface area contributed by atoms with Crippen LogP contribution in [0.4, 0.5) is 5.69 Å². The van der Waals surface area contributed by atoms with E-state index in [0.29, 0.717) is 16.3 Å². The Balaban J connectivity index is 1.63. The first-order chi connectivity index (χ1) is 13.1. The molecule has 1 N–H and O–H groups in total. The maximum Gasteiger partial charge on any atom is 0.313 e. The summed E-state index contributed by atoms with van der Waals surface area (Å²) >= 11 is 6.08. The summed E-state index contributed by atoms with van der Waals surface area (Å²) in [6.45, 7) is 0.734. The first kappa shape index (κ1) is 18.0. The Morgan fingerprint density at radius 1 is 1.22 bits per heavy atom. The summed E-state index contributed by atoms with van der Waals surface area (Å²) in [4.78, 5) is 11.1. The molecule has 27 heavy (non-hydrogen) atoms. The molecular weight excluding hydrogens is 364 g/mol. The molecule has 1 atom stereocenters. The van der Waals surface area contributed by atoms with Gasteiger partial charge in [-0.15, -0.1) is 0 Å². The van der Waals surface area contributed by atoms with Gasteiger partial charge in [0, 0.05) is 29.6 Å². The first-order valence-electron chi connectivity index (χ1n) is 9.24. The minimum Gasteiger partial charge on any atom is -0.461 e. The summed E-state index contributed by atoms with van der Waals surface area (Å²) in [6.07, 6.45) is 6.72. The van der Waals surface area contributed by atoms with Crippen molar-refractivity contribution in [1.82, 2.24) is 5.32 Å². The quantitative estimate of drug-likeness (QED) is 0.573. The Labute approximate surface area is 163 Å². The average Bonchev–Trinajstić information content (AvgIpc) is 2.66. The summed E-state index contributed by atoms with van der Waals surface area (Å²) < 4.78 is 6.33. The van der Waals surface area contributed by atoms with Gasteiger partial charge in [-0.1, -0.05) is 41.9 Å². The van der Waals surface area contributed by atoms with E-state index in [-0.39, 0.29) is 5.69 Å². The topological polar surface area (TPSA) is 64.4 Å². The lowest BCUT2D eigenvalue weighted by Gasteiger charge is -2.43. The highest BCUT2D eigenvalue weighted by Gasteiger charge is 2.43. The number of nitro groups is 1. The number of halogens is 1. The zero-order chi connectivity index (χ0) is 18.9. The fraction of sp³-hybridized carbons (Fsp3) is 0.333. The van der Waals surface area contributed by atoms with E-state index in [1.54, 1.807) is 6.07 Å². The molecule has 1 saturated carbocycles. The summed E-state index contributed by atoms with van der Waals surface area (Å²) in [5.41, 5.74) is 2.33. The van der Waals surface area contributed by atoms with Crippen molar-refractivity contribution in [1.29, 1.82) is 0 Å². The largest absolute Gasteiger partial charge is 0.461 e. The predicted octanol–water partition coefficient (Wildman–Crippen LogP) is 5.13. The number of hydrogen-bond acceptors (Lipinski definition) is 4. The molecule has 1 heterocycles. The Bertz CT molecular complexity index is 898. The van der Waals surface area contributed by atoms with Crippen LogP contribution in [0.25, 0.3) is 6.08 Å². The molecule has 0 saturated heterocycles. The Hall–Kier alpha value is -2.37. The molecule has 140 valence electrons. The highest BCUT2D eigenvalue weighted by molar-refractivity contribution is 6.31. The van der Waals surface area contributed by atoms with Gasteiger partial charge >= 0.3 is 5.69 Å². The van der Waals surface area contributed by atoms with Crippen LogP contribution in [-0.4, -0.2) is 17.2 Å². The molecule has 0 bridgehead atoms. The fourth-order valence-electron chi connectivity index (χ4n) is 3.96. The van der Waals surface area contributed by atoms with E-state index in [1.165, 1.54) is 11.6 Å². The van der Waals surface area contributed by atoms with Crippen LogP contribution in [0.1, 0.15) is 36.8 Å². The van der Waals surface area contributed by atoms with Crippen molar-refractivity contribution in [2.24, 2.45) is 0 Å². The maximum atomic E-state index is 11.5. The zero-order valence-corrected chi connectivity index (χ0v) is 15.7. The van der Waals surface area contributed by atoms with Crippen molar-refractivity contribution in [3.8, 4) is 5.75 Å². The molecule has 0 spiro atoms. The molecule has 6 heteroatoms. The molecule has 2 aliphatic rings. The molecule has 4 rings (SSSR count). The minimum absolute atomic E-state index is 0.0809. The number of fused-ring (bicyclic) bond motifs is 2. The molecule has 1 fully saturated rings. The second-order valence-electron chi connectivity index (χ2n) is 7.07. The Kier molecular flexibility index (Phi) is 4.89. The molecule has 1 aliphatic carbocycles. The highest BCUT2D eigenvalue weighted by Crippen LogP contribution is 2.46. The standard InChI is InChI=1S/C21H21ClN2O3/c22-18-13-16-12-17-8-4-5-10-21(17,27-20(16)19(14-18)24(25)26)23-11-9-15-6-2-1-3-7-15/h1-3,6-7,12-14,23H,4-5,8-11H2. The highest BCUT2D eigenvalue weighted by atomic mass is 35.5. The van der Waals surface area contributed by atoms with E-state index in [2.05, 4.69) is 17.4 Å². The van der Waals surface area contributed by atoms with Crippen molar-refractivity contribution >= 4 is 23.4 Å². The fourth-order valence-corrected chi connectivity index (χ4v) is 4.19. The molecule has 0 amide bonds. The van der Waals surface area contributed by atoms with Gasteiger partial charge in [0.25, 0.3) is 0 Å². The van der Waals surface area contributed by atoms with Gasteiger partial charge < -0.3 is 4.74 Å². The number of nitrogens with zero attached hydrogens (tertiary/aromatic N) is 1. The van der Waals surface area contributed by atoms with Crippen molar-refractivity contribution in [2.75, 3.05) is 6.54 Å². The van der Waals surface area contributed by atoms with Gasteiger partial charge in [0.1, 0.15) is 0 Å². The van der Waals surface area contributed by atoms with E-state index >= 15 is 0 Å². The number of nitro benzene ring substituents is 1. The van der Waals surface area contributed by atoms with Crippen molar-refractivity contribution in [3.63, 3.8) is 0 Å². The lowest BCUT2D eigenvalue weighted by Crippen LogP contribution is -2.55. The van der Waals surface area contributed by atoms with Gasteiger partial charge in [0.2, 0.25) is 5.75 Å². The van der Waals surface area contributed by atoms with Crippen molar-refractivity contribution in [3.05, 3.63) is 74.3 Å². The van der Waals surface area contributed by atoms with Crippen LogP contribution >= 0.6 is 11.6 Å². The van der Waals surface area contributed by atoms with E-state index in [9.17, 15) is 10.1 Å². The molecular formula is C21H21ClN2O3. The van der Waals surface area contributed by atoms with Crippen molar-refractivity contribution in [2.45, 2.75) is 37.8 Å². The number of ether oxygens (including phenoxy) is 1. The van der Waals surface area contributed by atoms with E-state index in [0.717, 1.165) is 44.2 Å². The number of rotatable bonds is 5. The third kappa shape index (κ3) is 3.57. The molecule has 2 aromatic rings. The van der Waals surface area contributed by atoms with Crippen LogP contribution in [0.2, 0.25) is 5.02 Å². The first-order valence-corrected chi connectivity index (χ1v) is 9.62. The Morgan fingerprint density at radius 2 is 2.04 bits per heavy atom. The third-order valence-corrected chi connectivity index (χ3v) is 5.49. The van der Waals surface area contributed by atoms with Gasteiger partial charge in [-0.05, 0) is 49.0 Å². The predicted molar refractivity (Wildman–Crippen MR) is 106 cm³/mol. The molecule has 0 aromatic heterocycles. The normalized spacial score (nSPS) is 20.9. The molecule has 5 nitrogen and oxygen atoms in total. The summed E-state index contributed by atoms with van der Waals surface area (Å²) in [7, 11) is 0. The van der Waals surface area contributed by atoms with Crippen LogP contribution in [0.3, 0.4) is 0 Å². The van der Waals surface area contributed by atoms with Crippen LogP contribution in [0, 0.1) is 10.1 Å². The molecule has 0 radical (unpaired) electrons. The molecule has 1 aliphatic heterocycles. The summed E-state index contributed by atoms with van der Waals surface area (Å²) in [5.74, 6) is 0.308. The maximum absolute atomic E-state index is 11.5. The van der Waals surface area contributed by atoms with Gasteiger partial charge in [0.15, 0.2) is 5.72 Å². The number of hydrogen-bond donors (Lipinski definition) is 1. The molecule has 1 unspecified atom stereocenters. The lowest BCUT2D eigenvalue weighted by atomic mass is 9.83. The second-order valence-corrected chi connectivity index (χ2v) is 7.50. The summed E-state index contributed by atoms with van der Waals surface area (Å²) in [5, 5.41) is 15.4. The van der Waals surface area contributed by atoms with E-state index < -0.39 is 10.6 Å². The second kappa shape index (κ2) is 7.33. The zero-order valence-electron chi connectivity index (χ0n) is 14.9. The van der Waals surface area contributed by atoms with Crippen molar-refractivity contribution < 1.29 is 9.66 Å². The van der Waals surface area contributed by atoms with E-state index in [1.807, 2.05) is 24.3 Å². The van der Waals surface area contributed by atoms with Gasteiger partial charge in [-0.3, -0.25) is 15.4 Å². The van der Waals surface area contributed by atoms with Crippen LogP contribution in [0.15, 0.2) is 48.0 Å². The van der Waals surface area contributed by atoms with E-state index in [4.69, 9.17) is 16.3 Å². The smallest absolute Gasteiger partial charge is 0.313 e. The van der Waals surface area contributed by atoms with Gasteiger partial charge in [-0.2, -0.15) is 0 Å². The average molecular weight is 385 g/mol.